The molecule has 0 saturated carbocycles. The zero-order chi connectivity index (χ0) is 20.1. The van der Waals surface area contributed by atoms with Gasteiger partial charge in [0.15, 0.2) is 18.0 Å². The number of carbonyl (C=O) groups is 1. The lowest BCUT2D eigenvalue weighted by molar-refractivity contribution is -1.02. The summed E-state index contributed by atoms with van der Waals surface area (Å²) in [6.45, 7) is 6.74. The highest BCUT2D eigenvalue weighted by Crippen LogP contribution is 2.32. The topological polar surface area (TPSA) is 65.7 Å². The molecule has 154 valence electrons. The van der Waals surface area contributed by atoms with E-state index in [4.69, 9.17) is 14.2 Å². The molecule has 1 saturated heterocycles. The molecule has 0 radical (unpaired) electrons. The van der Waals surface area contributed by atoms with Gasteiger partial charge < -0.3 is 29.3 Å². The number of ether oxygens (including phenoxy) is 3. The number of carbonyl (C=O) groups excluding carboxylic acids is 1. The third-order valence-corrected chi connectivity index (χ3v) is 5.51. The largest absolute Gasteiger partial charge is 0.497 e. The van der Waals surface area contributed by atoms with Crippen molar-refractivity contribution in [3.05, 3.63) is 48.0 Å². The fourth-order valence-electron chi connectivity index (χ4n) is 3.90. The molecule has 1 amide bonds. The molecular weight excluding hydrogens is 370 g/mol. The average molecular weight is 399 g/mol. The molecule has 0 bridgehead atoms. The molecule has 2 aliphatic rings. The summed E-state index contributed by atoms with van der Waals surface area (Å²) >= 11 is 0. The fourth-order valence-corrected chi connectivity index (χ4v) is 3.90. The van der Waals surface area contributed by atoms with Gasteiger partial charge in [0.05, 0.1) is 7.11 Å². The summed E-state index contributed by atoms with van der Waals surface area (Å²) in [5, 5.41) is 2.99. The molecule has 7 nitrogen and oxygen atoms in total. The summed E-state index contributed by atoms with van der Waals surface area (Å²) in [6.07, 6.45) is 0. The number of quaternary nitrogens is 2. The molecule has 2 aromatic rings. The van der Waals surface area contributed by atoms with Gasteiger partial charge in [0.25, 0.3) is 5.91 Å². The van der Waals surface area contributed by atoms with Crippen LogP contribution in [0.1, 0.15) is 5.56 Å². The Labute approximate surface area is 171 Å². The molecule has 2 aromatic carbocycles. The monoisotopic (exact) mass is 399 g/mol. The maximum absolute atomic E-state index is 12.5. The minimum absolute atomic E-state index is 0.0373. The molecule has 1 fully saturated rings. The normalized spacial score (nSPS) is 20.7. The van der Waals surface area contributed by atoms with E-state index in [1.54, 1.807) is 12.0 Å². The van der Waals surface area contributed by atoms with Crippen molar-refractivity contribution in [3.8, 4) is 17.2 Å². The third kappa shape index (κ3) is 5.19. The van der Waals surface area contributed by atoms with Gasteiger partial charge in [-0.15, -0.1) is 0 Å². The Morgan fingerprint density at radius 1 is 0.966 bits per heavy atom. The van der Waals surface area contributed by atoms with Gasteiger partial charge in [-0.1, -0.05) is 0 Å². The van der Waals surface area contributed by atoms with Crippen LogP contribution in [0.4, 0.5) is 5.69 Å². The Morgan fingerprint density at radius 3 is 2.38 bits per heavy atom. The molecule has 0 spiro atoms. The first-order valence-corrected chi connectivity index (χ1v) is 10.2. The van der Waals surface area contributed by atoms with Gasteiger partial charge in [0.2, 0.25) is 0 Å². The van der Waals surface area contributed by atoms with Gasteiger partial charge in [0, 0.05) is 17.3 Å². The molecule has 0 aromatic heterocycles. The van der Waals surface area contributed by atoms with Crippen LogP contribution in [-0.4, -0.2) is 59.0 Å². The molecular formula is C22H29N3O4+2. The Morgan fingerprint density at radius 2 is 1.66 bits per heavy atom. The number of methoxy groups -OCH3 is 1. The predicted octanol–water partition coefficient (Wildman–Crippen LogP) is -0.611. The first-order chi connectivity index (χ1) is 14.2. The highest BCUT2D eigenvalue weighted by Gasteiger charge is 2.25. The highest BCUT2D eigenvalue weighted by molar-refractivity contribution is 5.91. The van der Waals surface area contributed by atoms with Crippen LogP contribution >= 0.6 is 0 Å². The fraction of sp³-hybridized carbons (Fsp3) is 0.409. The summed E-state index contributed by atoms with van der Waals surface area (Å²) in [7, 11) is 1.69. The number of hydrogen-bond acceptors (Lipinski definition) is 4. The molecule has 0 unspecified atom stereocenters. The van der Waals surface area contributed by atoms with Crippen molar-refractivity contribution >= 4 is 11.6 Å². The number of fused-ring (bicyclic) bond motifs is 1. The van der Waals surface area contributed by atoms with E-state index in [0.29, 0.717) is 25.5 Å². The number of benzene rings is 2. The van der Waals surface area contributed by atoms with Crippen molar-refractivity contribution in [3.63, 3.8) is 0 Å². The van der Waals surface area contributed by atoms with Gasteiger partial charge >= 0.3 is 0 Å². The third-order valence-electron chi connectivity index (χ3n) is 5.51. The van der Waals surface area contributed by atoms with Crippen LogP contribution in [-0.2, 0) is 11.3 Å². The van der Waals surface area contributed by atoms with Crippen molar-refractivity contribution in [2.45, 2.75) is 6.54 Å². The van der Waals surface area contributed by atoms with Crippen molar-refractivity contribution in [2.75, 3.05) is 58.4 Å². The van der Waals surface area contributed by atoms with E-state index in [1.165, 1.54) is 10.5 Å². The second-order valence-electron chi connectivity index (χ2n) is 7.61. The Kier molecular flexibility index (Phi) is 6.17. The van der Waals surface area contributed by atoms with Crippen molar-refractivity contribution in [2.24, 2.45) is 0 Å². The Hall–Kier alpha value is -2.77. The molecule has 7 heteroatoms. The number of rotatable bonds is 6. The second kappa shape index (κ2) is 9.15. The van der Waals surface area contributed by atoms with E-state index in [2.05, 4.69) is 17.4 Å². The number of hydrogen-bond donors (Lipinski definition) is 3. The number of amides is 1. The van der Waals surface area contributed by atoms with Crippen molar-refractivity contribution < 1.29 is 28.8 Å². The standard InChI is InChI=1S/C22H27N3O4/c1-27-19-5-2-17(3-6-19)15-24-8-10-25(11-9-24)16-22(26)23-18-4-7-20-21(14-18)29-13-12-28-20/h2-7,14H,8-13,15-16H2,1H3,(H,23,26)/p+2. The predicted molar refractivity (Wildman–Crippen MR) is 109 cm³/mol. The second-order valence-corrected chi connectivity index (χ2v) is 7.61. The highest BCUT2D eigenvalue weighted by atomic mass is 16.6. The minimum atomic E-state index is 0.0373. The van der Waals surface area contributed by atoms with Crippen LogP contribution in [0.5, 0.6) is 17.2 Å². The van der Waals surface area contributed by atoms with E-state index in [1.807, 2.05) is 30.3 Å². The maximum atomic E-state index is 12.5. The Bertz CT molecular complexity index is 832. The van der Waals surface area contributed by atoms with E-state index in [9.17, 15) is 4.79 Å². The number of anilines is 1. The minimum Gasteiger partial charge on any atom is -0.497 e. The van der Waals surface area contributed by atoms with Crippen LogP contribution in [0, 0.1) is 0 Å². The van der Waals surface area contributed by atoms with Crippen molar-refractivity contribution in [1.82, 2.24) is 0 Å². The lowest BCUT2D eigenvalue weighted by Gasteiger charge is -2.29. The first-order valence-electron chi connectivity index (χ1n) is 10.2. The summed E-state index contributed by atoms with van der Waals surface area (Å²) < 4.78 is 16.3. The lowest BCUT2D eigenvalue weighted by atomic mass is 10.2. The SMILES string of the molecule is COc1ccc(C[NH+]2CC[NH+](CC(=O)Nc3ccc4c(c3)OCCO4)CC2)cc1. The molecule has 2 aliphatic heterocycles. The van der Waals surface area contributed by atoms with Crippen LogP contribution in [0.3, 0.4) is 0 Å². The lowest BCUT2D eigenvalue weighted by Crippen LogP contribution is -3.28. The summed E-state index contributed by atoms with van der Waals surface area (Å²) in [5.41, 5.74) is 2.07. The van der Waals surface area contributed by atoms with E-state index >= 15 is 0 Å². The van der Waals surface area contributed by atoms with Gasteiger partial charge in [-0.2, -0.15) is 0 Å². The van der Waals surface area contributed by atoms with Gasteiger partial charge in [0.1, 0.15) is 51.7 Å². The van der Waals surface area contributed by atoms with Gasteiger partial charge in [-0.25, -0.2) is 0 Å². The summed E-state index contributed by atoms with van der Waals surface area (Å²) in [5.74, 6) is 2.35. The zero-order valence-corrected chi connectivity index (χ0v) is 16.8. The van der Waals surface area contributed by atoms with Crippen LogP contribution < -0.4 is 29.3 Å². The Balaban J connectivity index is 1.22. The number of piperazine rings is 1. The summed E-state index contributed by atoms with van der Waals surface area (Å²) in [4.78, 5) is 15.4. The molecule has 29 heavy (non-hydrogen) atoms. The maximum Gasteiger partial charge on any atom is 0.279 e. The van der Waals surface area contributed by atoms with Gasteiger partial charge in [-0.05, 0) is 36.4 Å². The van der Waals surface area contributed by atoms with E-state index < -0.39 is 0 Å². The van der Waals surface area contributed by atoms with Crippen LogP contribution in [0.15, 0.2) is 42.5 Å². The van der Waals surface area contributed by atoms with Crippen LogP contribution in [0.2, 0.25) is 0 Å². The van der Waals surface area contributed by atoms with E-state index in [-0.39, 0.29) is 5.91 Å². The quantitative estimate of drug-likeness (QED) is 0.606. The average Bonchev–Trinajstić information content (AvgIpc) is 2.75. The smallest absolute Gasteiger partial charge is 0.279 e. The molecule has 4 rings (SSSR count). The molecule has 3 N–H and O–H groups in total. The molecule has 2 heterocycles. The summed E-state index contributed by atoms with van der Waals surface area (Å²) in [6, 6.07) is 13.8. The zero-order valence-electron chi connectivity index (χ0n) is 16.8. The molecule has 0 atom stereocenters. The first kappa shape index (κ1) is 19.5. The van der Waals surface area contributed by atoms with E-state index in [0.717, 1.165) is 49.9 Å². The number of nitrogens with one attached hydrogen (secondary N) is 3. The molecule has 0 aliphatic carbocycles. The van der Waals surface area contributed by atoms with Crippen LogP contribution in [0.25, 0.3) is 0 Å². The van der Waals surface area contributed by atoms with Gasteiger partial charge in [-0.3, -0.25) is 4.79 Å². The van der Waals surface area contributed by atoms with Crippen molar-refractivity contribution in [1.29, 1.82) is 0 Å².